The predicted octanol–water partition coefficient (Wildman–Crippen LogP) is 3.20. The van der Waals surface area contributed by atoms with E-state index in [2.05, 4.69) is 22.3 Å². The van der Waals surface area contributed by atoms with Crippen molar-refractivity contribution in [3.05, 3.63) is 65.0 Å². The average molecular weight is 356 g/mol. The van der Waals surface area contributed by atoms with Gasteiger partial charge in [-0.15, -0.1) is 0 Å². The lowest BCUT2D eigenvalue weighted by Crippen LogP contribution is -2.36. The van der Waals surface area contributed by atoms with Crippen LogP contribution in [-0.2, 0) is 0 Å². The molecule has 0 fully saturated rings. The zero-order chi connectivity index (χ0) is 18.1. The van der Waals surface area contributed by atoms with Crippen LogP contribution >= 0.6 is 0 Å². The minimum atomic E-state index is -0.163. The Morgan fingerprint density at radius 2 is 1.69 bits per heavy atom. The third kappa shape index (κ3) is 2.90. The molecule has 0 radical (unpaired) electrons. The van der Waals surface area contributed by atoms with E-state index in [9.17, 15) is 14.6 Å². The maximum absolute atomic E-state index is 14.4. The van der Waals surface area contributed by atoms with Gasteiger partial charge in [0.05, 0.1) is 19.3 Å². The Hall–Kier alpha value is -1.95. The highest BCUT2D eigenvalue weighted by Crippen LogP contribution is 2.54. The number of hydrogen-bond acceptors (Lipinski definition) is 4. The highest BCUT2D eigenvalue weighted by Gasteiger charge is 2.41. The molecule has 0 spiro atoms. The molecule has 0 amide bonds. The Labute approximate surface area is 153 Å². The van der Waals surface area contributed by atoms with Crippen LogP contribution in [0, 0.1) is 5.82 Å². The minimum absolute atomic E-state index is 0.0440. The van der Waals surface area contributed by atoms with E-state index in [-0.39, 0.29) is 37.0 Å². The number of nitrogens with zero attached hydrogens (tertiary/aromatic N) is 1. The molecule has 3 atom stereocenters. The van der Waals surface area contributed by atoms with Crippen LogP contribution in [0.1, 0.15) is 47.5 Å². The van der Waals surface area contributed by atoms with Crippen molar-refractivity contribution in [3.63, 3.8) is 0 Å². The maximum atomic E-state index is 14.4. The van der Waals surface area contributed by atoms with Gasteiger partial charge < -0.3 is 15.5 Å². The van der Waals surface area contributed by atoms with Crippen molar-refractivity contribution in [1.29, 1.82) is 0 Å². The van der Waals surface area contributed by atoms with Gasteiger partial charge in [-0.1, -0.05) is 30.3 Å². The van der Waals surface area contributed by atoms with Crippen molar-refractivity contribution in [2.24, 2.45) is 0 Å². The van der Waals surface area contributed by atoms with E-state index in [0.717, 1.165) is 24.1 Å². The number of hydrogen-bond donors (Lipinski definition) is 3. The summed E-state index contributed by atoms with van der Waals surface area (Å²) in [5.41, 5.74) is 4.32. The van der Waals surface area contributed by atoms with Gasteiger partial charge in [0.2, 0.25) is 0 Å². The number of rotatable bonds is 6. The molecule has 1 heterocycles. The summed E-state index contributed by atoms with van der Waals surface area (Å²) in [6.07, 6.45) is 1.89. The van der Waals surface area contributed by atoms with Crippen LogP contribution in [0.3, 0.4) is 0 Å². The highest BCUT2D eigenvalue weighted by molar-refractivity contribution is 5.65. The molecule has 4 nitrogen and oxygen atoms in total. The molecule has 138 valence electrons. The molecule has 2 aliphatic rings. The molecule has 3 N–H and O–H groups in total. The Bertz CT molecular complexity index is 776. The fourth-order valence-electron chi connectivity index (χ4n) is 4.73. The van der Waals surface area contributed by atoms with Gasteiger partial charge >= 0.3 is 0 Å². The molecule has 5 heteroatoms. The topological polar surface area (TPSA) is 55.7 Å². The molecule has 0 bridgehead atoms. The molecule has 1 aliphatic heterocycles. The zero-order valence-electron chi connectivity index (χ0n) is 14.7. The van der Waals surface area contributed by atoms with Crippen LogP contribution in [-0.4, -0.2) is 41.4 Å². The molecule has 0 saturated carbocycles. The summed E-state index contributed by atoms with van der Waals surface area (Å²) in [7, 11) is 0. The molecule has 1 aliphatic carbocycles. The van der Waals surface area contributed by atoms with E-state index < -0.39 is 0 Å². The molecule has 2 aromatic carbocycles. The summed E-state index contributed by atoms with van der Waals surface area (Å²) in [4.78, 5) is 2.16. The van der Waals surface area contributed by atoms with Gasteiger partial charge in [0.25, 0.3) is 0 Å². The van der Waals surface area contributed by atoms with Crippen LogP contribution in [0.25, 0.3) is 0 Å². The fourth-order valence-corrected chi connectivity index (χ4v) is 4.73. The van der Waals surface area contributed by atoms with Crippen molar-refractivity contribution in [3.8, 4) is 0 Å². The van der Waals surface area contributed by atoms with Crippen LogP contribution in [0.5, 0.6) is 0 Å². The minimum Gasteiger partial charge on any atom is -0.395 e. The first-order valence-corrected chi connectivity index (χ1v) is 9.34. The normalized spacial score (nSPS) is 23.8. The van der Waals surface area contributed by atoms with Gasteiger partial charge in [-0.2, -0.15) is 0 Å². The van der Waals surface area contributed by atoms with Gasteiger partial charge in [-0.25, -0.2) is 4.39 Å². The van der Waals surface area contributed by atoms with Gasteiger partial charge in [-0.3, -0.25) is 4.90 Å². The van der Waals surface area contributed by atoms with Crippen molar-refractivity contribution in [1.82, 2.24) is 4.90 Å². The van der Waals surface area contributed by atoms with Crippen molar-refractivity contribution < 1.29 is 14.6 Å². The van der Waals surface area contributed by atoms with E-state index in [1.165, 1.54) is 17.2 Å². The molecule has 2 aromatic rings. The summed E-state index contributed by atoms with van der Waals surface area (Å²) in [5, 5.41) is 22.3. The lowest BCUT2D eigenvalue weighted by Gasteiger charge is -2.37. The Morgan fingerprint density at radius 3 is 2.42 bits per heavy atom. The lowest BCUT2D eigenvalue weighted by atomic mass is 9.76. The summed E-state index contributed by atoms with van der Waals surface area (Å²) < 4.78 is 14.4. The molecule has 0 aromatic heterocycles. The summed E-state index contributed by atoms with van der Waals surface area (Å²) in [6.45, 7) is 1.24. The lowest BCUT2D eigenvalue weighted by molar-refractivity contribution is 0.110. The van der Waals surface area contributed by atoms with Crippen LogP contribution in [0.15, 0.2) is 42.5 Å². The Morgan fingerprint density at radius 1 is 0.962 bits per heavy atom. The van der Waals surface area contributed by atoms with Gasteiger partial charge in [0.1, 0.15) is 5.82 Å². The Balaban J connectivity index is 1.71. The highest BCUT2D eigenvalue weighted by atomic mass is 19.1. The predicted molar refractivity (Wildman–Crippen MR) is 99.7 cm³/mol. The van der Waals surface area contributed by atoms with E-state index in [1.807, 2.05) is 18.2 Å². The van der Waals surface area contributed by atoms with Crippen LogP contribution in [0.2, 0.25) is 0 Å². The number of nitrogens with one attached hydrogen (secondary N) is 1. The first-order valence-electron chi connectivity index (χ1n) is 9.34. The number of aliphatic hydroxyl groups excluding tert-OH is 2. The zero-order valence-corrected chi connectivity index (χ0v) is 14.7. The fraction of sp³-hybridized carbons (Fsp3) is 0.429. The molecule has 4 rings (SSSR count). The number of aliphatic hydroxyl groups is 2. The largest absolute Gasteiger partial charge is 0.395 e. The van der Waals surface area contributed by atoms with Crippen molar-refractivity contribution in [2.45, 2.75) is 30.8 Å². The first-order chi connectivity index (χ1) is 12.7. The quantitative estimate of drug-likeness (QED) is 0.744. The molecular formula is C21H25FN2O2. The van der Waals surface area contributed by atoms with Crippen molar-refractivity contribution in [2.75, 3.05) is 31.6 Å². The van der Waals surface area contributed by atoms with E-state index >= 15 is 0 Å². The third-order valence-corrected chi connectivity index (χ3v) is 5.79. The average Bonchev–Trinajstić information content (AvgIpc) is 3.03. The maximum Gasteiger partial charge on any atom is 0.128 e. The van der Waals surface area contributed by atoms with Crippen LogP contribution < -0.4 is 5.32 Å². The second-order valence-electron chi connectivity index (χ2n) is 7.13. The number of anilines is 1. The molecule has 3 unspecified atom stereocenters. The molecule has 26 heavy (non-hydrogen) atoms. The van der Waals surface area contributed by atoms with E-state index in [0.29, 0.717) is 13.1 Å². The summed E-state index contributed by atoms with van der Waals surface area (Å²) in [5.74, 6) is 0.0862. The van der Waals surface area contributed by atoms with Crippen molar-refractivity contribution >= 4 is 5.69 Å². The summed E-state index contributed by atoms with van der Waals surface area (Å²) >= 11 is 0. The standard InChI is InChI=1S/C21H25FN2O2/c22-17-6-2-1-4-14(17)21-16-8-9-19(24(10-12-25)11-13-26)15-5-3-7-18(23-21)20(15)16/h1-7,16,19,21,23,25-26H,8-13H2. The SMILES string of the molecule is OCCN(CCO)C1CCC2c3c(cccc31)NC2c1ccccc1F. The molecular weight excluding hydrogens is 331 g/mol. The smallest absolute Gasteiger partial charge is 0.128 e. The number of benzene rings is 2. The second kappa shape index (κ2) is 7.35. The van der Waals surface area contributed by atoms with Gasteiger partial charge in [0.15, 0.2) is 0 Å². The monoisotopic (exact) mass is 356 g/mol. The molecule has 0 saturated heterocycles. The van der Waals surface area contributed by atoms with E-state index in [4.69, 9.17) is 0 Å². The van der Waals surface area contributed by atoms with Gasteiger partial charge in [0, 0.05) is 36.3 Å². The van der Waals surface area contributed by atoms with Crippen LogP contribution in [0.4, 0.5) is 10.1 Å². The second-order valence-corrected chi connectivity index (χ2v) is 7.13. The van der Waals surface area contributed by atoms with E-state index in [1.54, 1.807) is 6.07 Å². The third-order valence-electron chi connectivity index (χ3n) is 5.79. The Kier molecular flexibility index (Phi) is 4.94. The first kappa shape index (κ1) is 17.5. The number of halogens is 1. The summed E-state index contributed by atoms with van der Waals surface area (Å²) in [6, 6.07) is 13.4. The van der Waals surface area contributed by atoms with Gasteiger partial charge in [-0.05, 0) is 36.1 Å².